The lowest BCUT2D eigenvalue weighted by atomic mass is 9.87. The van der Waals surface area contributed by atoms with Crippen LogP contribution in [0.4, 0.5) is 4.79 Å². The Kier molecular flexibility index (Phi) is 4.45. The fraction of sp³-hybridized carbons (Fsp3) is 0.867. The van der Waals surface area contributed by atoms with Crippen LogP contribution in [-0.4, -0.2) is 64.4 Å². The number of hydrogen-bond acceptors (Lipinski definition) is 5. The molecule has 0 spiro atoms. The molecule has 6 nitrogen and oxygen atoms in total. The second-order valence-corrected chi connectivity index (χ2v) is 7.00. The molecule has 1 unspecified atom stereocenters. The van der Waals surface area contributed by atoms with Crippen LogP contribution in [0.5, 0.6) is 0 Å². The second kappa shape index (κ2) is 5.82. The smallest absolute Gasteiger partial charge is 0.410 e. The quantitative estimate of drug-likeness (QED) is 0.790. The van der Waals surface area contributed by atoms with Crippen molar-refractivity contribution in [3.63, 3.8) is 0 Å². The summed E-state index contributed by atoms with van der Waals surface area (Å²) in [7, 11) is 0. The molecule has 0 aromatic carbocycles. The first kappa shape index (κ1) is 16.1. The molecule has 2 heterocycles. The molecule has 2 aliphatic rings. The molecule has 0 bridgehead atoms. The summed E-state index contributed by atoms with van der Waals surface area (Å²) >= 11 is 0. The molecule has 2 aliphatic heterocycles. The lowest BCUT2D eigenvalue weighted by Crippen LogP contribution is -2.55. The van der Waals surface area contributed by atoms with Crippen LogP contribution in [0.2, 0.25) is 0 Å². The fourth-order valence-corrected chi connectivity index (χ4v) is 3.02. The summed E-state index contributed by atoms with van der Waals surface area (Å²) in [6, 6.07) is 2.42. The number of β-amino-alcohol motifs (C(OH)–C–C–N with tert-alkyl or cyclic N) is 1. The van der Waals surface area contributed by atoms with Gasteiger partial charge in [0, 0.05) is 26.2 Å². The summed E-state index contributed by atoms with van der Waals surface area (Å²) in [6.45, 7) is 7.89. The van der Waals surface area contributed by atoms with Gasteiger partial charge in [0.1, 0.15) is 11.1 Å². The van der Waals surface area contributed by atoms with Crippen LogP contribution < -0.4 is 0 Å². The van der Waals surface area contributed by atoms with Gasteiger partial charge in [-0.05, 0) is 40.0 Å². The molecule has 0 aromatic rings. The zero-order valence-corrected chi connectivity index (χ0v) is 13.1. The lowest BCUT2D eigenvalue weighted by molar-refractivity contribution is 0.00743. The van der Waals surface area contributed by atoms with Crippen molar-refractivity contribution in [1.29, 1.82) is 5.26 Å². The summed E-state index contributed by atoms with van der Waals surface area (Å²) in [5, 5.41) is 19.3. The van der Waals surface area contributed by atoms with E-state index in [1.807, 2.05) is 20.8 Å². The zero-order chi connectivity index (χ0) is 15.7. The maximum atomic E-state index is 12.1. The molecule has 1 amide bonds. The first-order valence-corrected chi connectivity index (χ1v) is 7.58. The van der Waals surface area contributed by atoms with E-state index in [0.717, 1.165) is 13.0 Å². The normalized spacial score (nSPS) is 26.4. The van der Waals surface area contributed by atoms with Gasteiger partial charge in [0.15, 0.2) is 0 Å². The summed E-state index contributed by atoms with van der Waals surface area (Å²) in [4.78, 5) is 15.8. The molecule has 2 fully saturated rings. The molecule has 0 aliphatic carbocycles. The number of carbonyl (C=O) groups excluding carboxylic acids is 1. The number of nitrogens with zero attached hydrogens (tertiary/aromatic N) is 3. The summed E-state index contributed by atoms with van der Waals surface area (Å²) in [5.74, 6) is 0. The number of piperidine rings is 1. The van der Waals surface area contributed by atoms with E-state index in [1.54, 1.807) is 4.90 Å². The summed E-state index contributed by atoms with van der Waals surface area (Å²) in [6.07, 6.45) is 1.29. The van der Waals surface area contributed by atoms with E-state index >= 15 is 0 Å². The van der Waals surface area contributed by atoms with Gasteiger partial charge >= 0.3 is 6.09 Å². The number of nitriles is 1. The van der Waals surface area contributed by atoms with Gasteiger partial charge < -0.3 is 14.7 Å². The van der Waals surface area contributed by atoms with E-state index in [1.165, 1.54) is 0 Å². The monoisotopic (exact) mass is 295 g/mol. The SMILES string of the molecule is CC(C)(C)OC(=O)N1CCC(C#N)(N2CCC(O)C2)CC1. The molecule has 0 saturated carbocycles. The molecule has 0 aromatic heterocycles. The van der Waals surface area contributed by atoms with E-state index in [4.69, 9.17) is 4.74 Å². The van der Waals surface area contributed by atoms with Gasteiger partial charge in [-0.3, -0.25) is 4.90 Å². The molecule has 2 saturated heterocycles. The molecule has 1 atom stereocenters. The predicted molar refractivity (Wildman–Crippen MR) is 77.6 cm³/mol. The van der Waals surface area contributed by atoms with Crippen molar-refractivity contribution in [2.24, 2.45) is 0 Å². The van der Waals surface area contributed by atoms with Crippen LogP contribution in [0.15, 0.2) is 0 Å². The third-order valence-corrected chi connectivity index (χ3v) is 4.22. The summed E-state index contributed by atoms with van der Waals surface area (Å²) < 4.78 is 5.37. The molecular formula is C15H25N3O3. The average Bonchev–Trinajstić information content (AvgIpc) is 2.84. The van der Waals surface area contributed by atoms with Gasteiger partial charge in [0.2, 0.25) is 0 Å². The van der Waals surface area contributed by atoms with Crippen molar-refractivity contribution in [2.45, 2.75) is 57.3 Å². The molecule has 118 valence electrons. The third kappa shape index (κ3) is 3.66. The fourth-order valence-electron chi connectivity index (χ4n) is 3.02. The number of likely N-dealkylation sites (tertiary alicyclic amines) is 2. The van der Waals surface area contributed by atoms with Crippen molar-refractivity contribution in [3.05, 3.63) is 0 Å². The highest BCUT2D eigenvalue weighted by Crippen LogP contribution is 2.32. The van der Waals surface area contributed by atoms with Gasteiger partial charge in [-0.15, -0.1) is 0 Å². The zero-order valence-electron chi connectivity index (χ0n) is 13.1. The Morgan fingerprint density at radius 2 is 1.95 bits per heavy atom. The first-order valence-electron chi connectivity index (χ1n) is 7.58. The molecule has 2 rings (SSSR count). The Morgan fingerprint density at radius 3 is 2.38 bits per heavy atom. The van der Waals surface area contributed by atoms with Crippen LogP contribution in [0, 0.1) is 11.3 Å². The molecule has 0 radical (unpaired) electrons. The van der Waals surface area contributed by atoms with Gasteiger partial charge in [-0.2, -0.15) is 5.26 Å². The van der Waals surface area contributed by atoms with Crippen molar-refractivity contribution >= 4 is 6.09 Å². The second-order valence-electron chi connectivity index (χ2n) is 7.00. The van der Waals surface area contributed by atoms with Gasteiger partial charge in [0.25, 0.3) is 0 Å². The van der Waals surface area contributed by atoms with Crippen LogP contribution in [-0.2, 0) is 4.74 Å². The average molecular weight is 295 g/mol. The number of aliphatic hydroxyl groups excluding tert-OH is 1. The topological polar surface area (TPSA) is 76.8 Å². The molecule has 21 heavy (non-hydrogen) atoms. The largest absolute Gasteiger partial charge is 0.444 e. The minimum atomic E-state index is -0.546. The maximum absolute atomic E-state index is 12.1. The van der Waals surface area contributed by atoms with Gasteiger partial charge in [-0.1, -0.05) is 0 Å². The Labute approximate surface area is 126 Å². The number of hydrogen-bond donors (Lipinski definition) is 1. The van der Waals surface area contributed by atoms with Crippen molar-refractivity contribution in [2.75, 3.05) is 26.2 Å². The van der Waals surface area contributed by atoms with E-state index in [9.17, 15) is 15.2 Å². The van der Waals surface area contributed by atoms with Crippen molar-refractivity contribution in [3.8, 4) is 6.07 Å². The highest BCUT2D eigenvalue weighted by molar-refractivity contribution is 5.68. The highest BCUT2D eigenvalue weighted by atomic mass is 16.6. The number of carbonyl (C=O) groups is 1. The minimum Gasteiger partial charge on any atom is -0.444 e. The standard InChI is InChI=1S/C15H25N3O3/c1-14(2,3)21-13(20)17-8-5-15(11-16,6-9-17)18-7-4-12(19)10-18/h12,19H,4-10H2,1-3H3. The van der Waals surface area contributed by atoms with Gasteiger partial charge in [-0.25, -0.2) is 4.79 Å². The van der Waals surface area contributed by atoms with Crippen molar-refractivity contribution < 1.29 is 14.6 Å². The molecule has 6 heteroatoms. The van der Waals surface area contributed by atoms with E-state index < -0.39 is 11.1 Å². The van der Waals surface area contributed by atoms with E-state index in [2.05, 4.69) is 11.0 Å². The molecular weight excluding hydrogens is 270 g/mol. The first-order chi connectivity index (χ1) is 9.76. The van der Waals surface area contributed by atoms with Crippen LogP contribution >= 0.6 is 0 Å². The molecule has 1 N–H and O–H groups in total. The Morgan fingerprint density at radius 1 is 1.33 bits per heavy atom. The Bertz CT molecular complexity index is 430. The third-order valence-electron chi connectivity index (χ3n) is 4.22. The number of ether oxygens (including phenoxy) is 1. The highest BCUT2D eigenvalue weighted by Gasteiger charge is 2.44. The Hall–Kier alpha value is -1.32. The summed E-state index contributed by atoms with van der Waals surface area (Å²) in [5.41, 5.74) is -1.05. The number of aliphatic hydroxyl groups is 1. The van der Waals surface area contributed by atoms with E-state index in [0.29, 0.717) is 32.5 Å². The maximum Gasteiger partial charge on any atom is 0.410 e. The van der Waals surface area contributed by atoms with Crippen LogP contribution in [0.25, 0.3) is 0 Å². The van der Waals surface area contributed by atoms with Crippen LogP contribution in [0.1, 0.15) is 40.0 Å². The minimum absolute atomic E-state index is 0.310. The van der Waals surface area contributed by atoms with Gasteiger partial charge in [0.05, 0.1) is 12.2 Å². The Balaban J connectivity index is 1.95. The lowest BCUT2D eigenvalue weighted by Gasteiger charge is -2.42. The number of amides is 1. The van der Waals surface area contributed by atoms with Crippen LogP contribution in [0.3, 0.4) is 0 Å². The predicted octanol–water partition coefficient (Wildman–Crippen LogP) is 1.35. The van der Waals surface area contributed by atoms with E-state index in [-0.39, 0.29) is 12.2 Å². The van der Waals surface area contributed by atoms with Crippen molar-refractivity contribution in [1.82, 2.24) is 9.80 Å². The number of rotatable bonds is 1.